The Morgan fingerprint density at radius 3 is 2.35 bits per heavy atom. The minimum Gasteiger partial charge on any atom is -0.255 e. The molecule has 1 saturated heterocycles. The number of hydrogen-bond acceptors (Lipinski definition) is 3. The van der Waals surface area contributed by atoms with Crippen molar-refractivity contribution in [1.82, 2.24) is 4.31 Å². The van der Waals surface area contributed by atoms with Gasteiger partial charge in [0.1, 0.15) is 0 Å². The lowest BCUT2D eigenvalue weighted by molar-refractivity contribution is 0.0226. The Hall–Kier alpha value is -0.910. The second-order valence-corrected chi connectivity index (χ2v) is 8.54. The van der Waals surface area contributed by atoms with Gasteiger partial charge >= 0.3 is 10.3 Å². The van der Waals surface area contributed by atoms with E-state index in [0.29, 0.717) is 6.54 Å². The smallest absolute Gasteiger partial charge is 0.255 e. The van der Waals surface area contributed by atoms with Crippen molar-refractivity contribution in [1.29, 1.82) is 0 Å². The zero-order valence-corrected chi connectivity index (χ0v) is 14.7. The highest BCUT2D eigenvalue weighted by molar-refractivity contribution is 7.84. The summed E-state index contributed by atoms with van der Waals surface area (Å²) in [5, 5.41) is 0. The van der Waals surface area contributed by atoms with Crippen molar-refractivity contribution >= 4 is 10.3 Å². The van der Waals surface area contributed by atoms with Gasteiger partial charge in [0.25, 0.3) is 0 Å². The molecule has 1 spiro atoms. The van der Waals surface area contributed by atoms with Crippen LogP contribution in [0.3, 0.4) is 0 Å². The van der Waals surface area contributed by atoms with Gasteiger partial charge in [-0.25, -0.2) is 0 Å². The summed E-state index contributed by atoms with van der Waals surface area (Å²) in [4.78, 5) is 0. The SMILES string of the molecule is CC1CC2(CCCCCCC2)N(Cc2ccccc2)S(=O)(=O)O1. The third-order valence-corrected chi connectivity index (χ3v) is 6.83. The van der Waals surface area contributed by atoms with Gasteiger partial charge in [0, 0.05) is 12.1 Å². The van der Waals surface area contributed by atoms with E-state index in [9.17, 15) is 8.42 Å². The molecule has 1 aromatic carbocycles. The van der Waals surface area contributed by atoms with Crippen molar-refractivity contribution in [2.24, 2.45) is 0 Å². The Bertz CT molecular complexity index is 606. The molecule has 1 aliphatic carbocycles. The monoisotopic (exact) mass is 337 g/mol. The molecule has 4 nitrogen and oxygen atoms in total. The van der Waals surface area contributed by atoms with E-state index >= 15 is 0 Å². The molecule has 2 aliphatic rings. The molecule has 0 N–H and O–H groups in total. The van der Waals surface area contributed by atoms with Gasteiger partial charge in [-0.1, -0.05) is 62.4 Å². The summed E-state index contributed by atoms with van der Waals surface area (Å²) in [6.07, 6.45) is 8.37. The van der Waals surface area contributed by atoms with Gasteiger partial charge in [-0.3, -0.25) is 4.18 Å². The van der Waals surface area contributed by atoms with Crippen molar-refractivity contribution in [3.05, 3.63) is 35.9 Å². The van der Waals surface area contributed by atoms with Gasteiger partial charge in [-0.05, 0) is 31.7 Å². The van der Waals surface area contributed by atoms with Gasteiger partial charge in [-0.15, -0.1) is 0 Å². The van der Waals surface area contributed by atoms with Crippen LogP contribution in [-0.4, -0.2) is 24.4 Å². The first-order valence-electron chi connectivity index (χ1n) is 8.77. The van der Waals surface area contributed by atoms with Crippen LogP contribution in [0.2, 0.25) is 0 Å². The fraction of sp³-hybridized carbons (Fsp3) is 0.667. The Kier molecular flexibility index (Phi) is 5.09. The maximum absolute atomic E-state index is 12.8. The molecule has 23 heavy (non-hydrogen) atoms. The zero-order valence-electron chi connectivity index (χ0n) is 13.9. The first-order chi connectivity index (χ1) is 11.0. The molecule has 1 saturated carbocycles. The van der Waals surface area contributed by atoms with Crippen LogP contribution in [0.4, 0.5) is 0 Å². The molecule has 1 aliphatic heterocycles. The van der Waals surface area contributed by atoms with Crippen LogP contribution in [0.5, 0.6) is 0 Å². The second-order valence-electron chi connectivity index (χ2n) is 7.05. The number of nitrogens with zero attached hydrogens (tertiary/aromatic N) is 1. The van der Waals surface area contributed by atoms with Crippen LogP contribution in [0, 0.1) is 0 Å². The summed E-state index contributed by atoms with van der Waals surface area (Å²) >= 11 is 0. The Labute approximate surface area is 140 Å². The fourth-order valence-electron chi connectivity index (χ4n) is 4.18. The van der Waals surface area contributed by atoms with E-state index in [1.165, 1.54) is 19.3 Å². The highest BCUT2D eigenvalue weighted by Gasteiger charge is 2.49. The molecule has 0 bridgehead atoms. The molecule has 1 aromatic rings. The molecular weight excluding hydrogens is 310 g/mol. The summed E-state index contributed by atoms with van der Waals surface area (Å²) in [7, 11) is -3.67. The zero-order chi connectivity index (χ0) is 16.3. The van der Waals surface area contributed by atoms with Crippen molar-refractivity contribution in [2.45, 2.75) is 76.5 Å². The predicted molar refractivity (Wildman–Crippen MR) is 91.1 cm³/mol. The maximum atomic E-state index is 12.8. The van der Waals surface area contributed by atoms with Crippen molar-refractivity contribution < 1.29 is 12.6 Å². The van der Waals surface area contributed by atoms with E-state index in [2.05, 4.69) is 0 Å². The first kappa shape index (κ1) is 16.9. The van der Waals surface area contributed by atoms with Crippen molar-refractivity contribution in [3.8, 4) is 0 Å². The van der Waals surface area contributed by atoms with E-state index in [1.807, 2.05) is 37.3 Å². The van der Waals surface area contributed by atoms with Crippen LogP contribution in [0.1, 0.15) is 63.9 Å². The summed E-state index contributed by atoms with van der Waals surface area (Å²) < 4.78 is 32.6. The molecule has 1 heterocycles. The molecule has 0 aromatic heterocycles. The summed E-state index contributed by atoms with van der Waals surface area (Å²) in [5.74, 6) is 0. The molecule has 2 fully saturated rings. The summed E-state index contributed by atoms with van der Waals surface area (Å²) in [6, 6.07) is 9.85. The Balaban J connectivity index is 1.94. The van der Waals surface area contributed by atoms with E-state index < -0.39 is 10.3 Å². The molecule has 0 amide bonds. The highest BCUT2D eigenvalue weighted by atomic mass is 32.2. The lowest BCUT2D eigenvalue weighted by atomic mass is 9.79. The molecular formula is C18H27NO3S. The molecule has 5 heteroatoms. The number of rotatable bonds is 2. The van der Waals surface area contributed by atoms with Gasteiger partial charge in [0.2, 0.25) is 0 Å². The standard InChI is InChI=1S/C18H27NO3S/c1-16-14-18(12-8-3-2-4-9-13-18)19(23(20,21)22-16)15-17-10-6-5-7-11-17/h5-7,10-11,16H,2-4,8-9,12-15H2,1H3. The normalized spacial score (nSPS) is 28.1. The lowest BCUT2D eigenvalue weighted by Gasteiger charge is -2.48. The fourth-order valence-corrected chi connectivity index (χ4v) is 5.81. The van der Waals surface area contributed by atoms with Crippen molar-refractivity contribution in [2.75, 3.05) is 0 Å². The maximum Gasteiger partial charge on any atom is 0.339 e. The minimum atomic E-state index is -3.67. The third kappa shape index (κ3) is 3.78. The minimum absolute atomic E-state index is 0.230. The Morgan fingerprint density at radius 2 is 1.70 bits per heavy atom. The number of hydrogen-bond donors (Lipinski definition) is 0. The molecule has 0 radical (unpaired) electrons. The number of benzene rings is 1. The average molecular weight is 337 g/mol. The quantitative estimate of drug-likeness (QED) is 0.818. The molecule has 1 unspecified atom stereocenters. The third-order valence-electron chi connectivity index (χ3n) is 5.21. The van der Waals surface area contributed by atoms with Gasteiger partial charge in [-0.2, -0.15) is 12.7 Å². The summed E-state index contributed by atoms with van der Waals surface area (Å²) in [5.41, 5.74) is 0.753. The van der Waals surface area contributed by atoms with Crippen LogP contribution in [0.15, 0.2) is 30.3 Å². The van der Waals surface area contributed by atoms with Gasteiger partial charge in [0.05, 0.1) is 6.10 Å². The average Bonchev–Trinajstić information content (AvgIpc) is 2.47. The van der Waals surface area contributed by atoms with Crippen molar-refractivity contribution in [3.63, 3.8) is 0 Å². The van der Waals surface area contributed by atoms with Crippen LogP contribution >= 0.6 is 0 Å². The van der Waals surface area contributed by atoms with E-state index in [0.717, 1.165) is 37.7 Å². The Morgan fingerprint density at radius 1 is 1.09 bits per heavy atom. The van der Waals surface area contributed by atoms with Crippen LogP contribution in [0.25, 0.3) is 0 Å². The second kappa shape index (κ2) is 6.91. The topological polar surface area (TPSA) is 46.6 Å². The van der Waals surface area contributed by atoms with E-state index in [1.54, 1.807) is 4.31 Å². The van der Waals surface area contributed by atoms with E-state index in [-0.39, 0.29) is 11.6 Å². The molecule has 1 atom stereocenters. The van der Waals surface area contributed by atoms with Gasteiger partial charge < -0.3 is 0 Å². The predicted octanol–water partition coefficient (Wildman–Crippen LogP) is 4.03. The molecule has 128 valence electrons. The largest absolute Gasteiger partial charge is 0.339 e. The van der Waals surface area contributed by atoms with Gasteiger partial charge in [0.15, 0.2) is 0 Å². The van der Waals surface area contributed by atoms with E-state index in [4.69, 9.17) is 4.18 Å². The first-order valence-corrected chi connectivity index (χ1v) is 10.1. The summed E-state index contributed by atoms with van der Waals surface area (Å²) in [6.45, 7) is 2.30. The molecule has 3 rings (SSSR count). The lowest BCUT2D eigenvalue weighted by Crippen LogP contribution is -2.57. The highest BCUT2D eigenvalue weighted by Crippen LogP contribution is 2.42. The van der Waals surface area contributed by atoms with Crippen LogP contribution < -0.4 is 0 Å². The van der Waals surface area contributed by atoms with Crippen LogP contribution in [-0.2, 0) is 21.0 Å².